The lowest BCUT2D eigenvalue weighted by atomic mass is 9.73. The second kappa shape index (κ2) is 14.5. The molecule has 0 saturated carbocycles. The van der Waals surface area contributed by atoms with Crippen LogP contribution in [-0.4, -0.2) is 74.2 Å². The highest BCUT2D eigenvalue weighted by Crippen LogP contribution is 2.39. The smallest absolute Gasteiger partial charge is 0.224 e. The number of para-hydroxylation sites is 3. The van der Waals surface area contributed by atoms with E-state index in [1.54, 1.807) is 7.11 Å². The van der Waals surface area contributed by atoms with E-state index in [1.165, 1.54) is 24.0 Å². The summed E-state index contributed by atoms with van der Waals surface area (Å²) in [5.74, 6) is 2.11. The molecule has 7 nitrogen and oxygen atoms in total. The van der Waals surface area contributed by atoms with Gasteiger partial charge in [0.1, 0.15) is 18.1 Å². The van der Waals surface area contributed by atoms with Gasteiger partial charge in [-0.15, -0.1) is 0 Å². The maximum absolute atomic E-state index is 13.3. The van der Waals surface area contributed by atoms with Gasteiger partial charge < -0.3 is 19.3 Å². The Balaban J connectivity index is 1.23. The third-order valence-electron chi connectivity index (χ3n) is 9.06. The molecule has 1 spiro atoms. The molecule has 2 aliphatic heterocycles. The Morgan fingerprint density at radius 1 is 1.00 bits per heavy atom. The van der Waals surface area contributed by atoms with Crippen molar-refractivity contribution in [2.24, 2.45) is 5.41 Å². The first kappa shape index (κ1) is 29.9. The van der Waals surface area contributed by atoms with Crippen molar-refractivity contribution in [1.29, 1.82) is 0 Å². The Labute approximate surface area is 251 Å². The molecule has 3 heterocycles. The summed E-state index contributed by atoms with van der Waals surface area (Å²) < 4.78 is 11.8. The van der Waals surface area contributed by atoms with E-state index in [9.17, 15) is 4.79 Å². The third kappa shape index (κ3) is 7.82. The number of hydrogen-bond donors (Lipinski definition) is 0. The average molecular weight is 571 g/mol. The number of likely N-dealkylation sites (tertiary alicyclic amines) is 1. The van der Waals surface area contributed by atoms with Crippen molar-refractivity contribution in [1.82, 2.24) is 14.8 Å². The molecule has 0 radical (unpaired) electrons. The summed E-state index contributed by atoms with van der Waals surface area (Å²) in [7, 11) is 3.72. The van der Waals surface area contributed by atoms with Crippen molar-refractivity contribution < 1.29 is 14.3 Å². The molecule has 1 amide bonds. The number of amides is 1. The zero-order valence-corrected chi connectivity index (χ0v) is 25.3. The van der Waals surface area contributed by atoms with Crippen LogP contribution in [0.5, 0.6) is 11.5 Å². The fraction of sp³-hybridized carbons (Fsp3) is 0.486. The number of carbonyl (C=O) groups is 1. The lowest BCUT2D eigenvalue weighted by Crippen LogP contribution is -2.48. The fourth-order valence-corrected chi connectivity index (χ4v) is 6.59. The molecule has 0 atom stereocenters. The highest BCUT2D eigenvalue weighted by atomic mass is 16.5. The van der Waals surface area contributed by atoms with Crippen LogP contribution >= 0.6 is 0 Å². The lowest BCUT2D eigenvalue weighted by Gasteiger charge is -2.45. The zero-order chi connectivity index (χ0) is 29.2. The molecule has 3 aromatic rings. The van der Waals surface area contributed by atoms with Gasteiger partial charge in [0.15, 0.2) is 0 Å². The summed E-state index contributed by atoms with van der Waals surface area (Å²) >= 11 is 0. The number of nitrogens with zero attached hydrogens (tertiary/aromatic N) is 4. The SMILES string of the molecule is COc1ccccc1N(C)CCC(=O)N1CCC2(CCCCc3ccccc3OCCN(Cc3cccnc3)C2)CC1. The van der Waals surface area contributed by atoms with Gasteiger partial charge in [0.2, 0.25) is 5.91 Å². The number of aryl methyl sites for hydroxylation is 1. The van der Waals surface area contributed by atoms with Crippen LogP contribution in [0.2, 0.25) is 0 Å². The molecule has 2 aliphatic rings. The summed E-state index contributed by atoms with van der Waals surface area (Å²) in [6.45, 7) is 5.74. The standard InChI is InChI=1S/C35H46N4O3/c1-37(31-13-4-6-15-33(31)41-2)21-16-34(40)39-22-18-35(19-23-39)17-8-7-12-30-11-3-5-14-32(30)42-25-24-38(28-35)27-29-10-9-20-36-26-29/h3-6,9-11,13-15,20,26H,7-8,12,16-19,21-25,27-28H2,1-2H3. The van der Waals surface area contributed by atoms with Crippen LogP contribution in [0.25, 0.3) is 0 Å². The van der Waals surface area contributed by atoms with Gasteiger partial charge in [0, 0.05) is 65.1 Å². The van der Waals surface area contributed by atoms with Crippen LogP contribution in [0.1, 0.15) is 49.7 Å². The van der Waals surface area contributed by atoms with E-state index >= 15 is 0 Å². The maximum atomic E-state index is 13.3. The number of ether oxygens (including phenoxy) is 2. The van der Waals surface area contributed by atoms with Crippen molar-refractivity contribution in [3.8, 4) is 11.5 Å². The number of anilines is 1. The highest BCUT2D eigenvalue weighted by Gasteiger charge is 2.37. The number of piperidine rings is 1. The van der Waals surface area contributed by atoms with E-state index in [-0.39, 0.29) is 11.3 Å². The lowest BCUT2D eigenvalue weighted by molar-refractivity contribution is -0.133. The number of carbonyl (C=O) groups excluding carboxylic acids is 1. The van der Waals surface area contributed by atoms with Gasteiger partial charge in [0.05, 0.1) is 12.8 Å². The van der Waals surface area contributed by atoms with Gasteiger partial charge >= 0.3 is 0 Å². The van der Waals surface area contributed by atoms with Crippen molar-refractivity contribution >= 4 is 11.6 Å². The van der Waals surface area contributed by atoms with Gasteiger partial charge in [-0.1, -0.05) is 42.8 Å². The average Bonchev–Trinajstić information content (AvgIpc) is 3.02. The second-order valence-corrected chi connectivity index (χ2v) is 12.0. The Morgan fingerprint density at radius 2 is 1.81 bits per heavy atom. The van der Waals surface area contributed by atoms with Crippen molar-refractivity contribution in [3.63, 3.8) is 0 Å². The molecule has 0 N–H and O–H groups in total. The van der Waals surface area contributed by atoms with Crippen molar-refractivity contribution in [2.45, 2.75) is 51.5 Å². The quantitative estimate of drug-likeness (QED) is 0.356. The number of benzene rings is 2. The topological polar surface area (TPSA) is 58.1 Å². The highest BCUT2D eigenvalue weighted by molar-refractivity contribution is 5.77. The largest absolute Gasteiger partial charge is 0.495 e. The van der Waals surface area contributed by atoms with Gasteiger partial charge in [-0.25, -0.2) is 0 Å². The summed E-state index contributed by atoms with van der Waals surface area (Å²) in [5.41, 5.74) is 3.75. The first-order valence-corrected chi connectivity index (χ1v) is 15.5. The van der Waals surface area contributed by atoms with Crippen LogP contribution in [0.3, 0.4) is 0 Å². The summed E-state index contributed by atoms with van der Waals surface area (Å²) in [6, 6.07) is 20.7. The number of fused-ring (bicyclic) bond motifs is 1. The van der Waals surface area contributed by atoms with Crippen LogP contribution in [0, 0.1) is 5.41 Å². The van der Waals surface area contributed by atoms with Gasteiger partial charge in [-0.05, 0) is 72.9 Å². The molecule has 0 bridgehead atoms. The minimum Gasteiger partial charge on any atom is -0.495 e. The van der Waals surface area contributed by atoms with Crippen molar-refractivity contribution in [2.75, 3.05) is 58.4 Å². The van der Waals surface area contributed by atoms with E-state index in [2.05, 4.69) is 50.0 Å². The molecular formula is C35H46N4O3. The summed E-state index contributed by atoms with van der Waals surface area (Å²) in [4.78, 5) is 24.5. The molecule has 2 aromatic carbocycles. The number of methoxy groups -OCH3 is 1. The zero-order valence-electron chi connectivity index (χ0n) is 25.3. The number of hydrogen-bond acceptors (Lipinski definition) is 6. The van der Waals surface area contributed by atoms with E-state index in [0.717, 1.165) is 75.6 Å². The number of aromatic nitrogens is 1. The minimum atomic E-state index is 0.200. The molecule has 42 heavy (non-hydrogen) atoms. The molecule has 1 aromatic heterocycles. The first-order valence-electron chi connectivity index (χ1n) is 15.5. The van der Waals surface area contributed by atoms with E-state index < -0.39 is 0 Å². The van der Waals surface area contributed by atoms with Gasteiger partial charge in [0.25, 0.3) is 0 Å². The van der Waals surface area contributed by atoms with Gasteiger partial charge in [-0.2, -0.15) is 0 Å². The molecular weight excluding hydrogens is 524 g/mol. The molecule has 224 valence electrons. The monoisotopic (exact) mass is 570 g/mol. The van der Waals surface area contributed by atoms with Crippen molar-refractivity contribution in [3.05, 3.63) is 84.2 Å². The summed E-state index contributed by atoms with van der Waals surface area (Å²) in [6.07, 6.45) is 11.0. The fourth-order valence-electron chi connectivity index (χ4n) is 6.59. The van der Waals surface area contributed by atoms with Crippen LogP contribution in [-0.2, 0) is 17.8 Å². The first-order chi connectivity index (χ1) is 20.5. The Bertz CT molecular complexity index is 1280. The van der Waals surface area contributed by atoms with Crippen LogP contribution < -0.4 is 14.4 Å². The second-order valence-electron chi connectivity index (χ2n) is 12.0. The predicted molar refractivity (Wildman–Crippen MR) is 168 cm³/mol. The predicted octanol–water partition coefficient (Wildman–Crippen LogP) is 5.83. The van der Waals surface area contributed by atoms with E-state index in [0.29, 0.717) is 19.6 Å². The Morgan fingerprint density at radius 3 is 2.62 bits per heavy atom. The normalized spacial score (nSPS) is 17.8. The molecule has 1 fully saturated rings. The van der Waals surface area contributed by atoms with Crippen LogP contribution in [0.15, 0.2) is 73.1 Å². The molecule has 5 rings (SSSR count). The Hall–Kier alpha value is -3.58. The molecule has 1 saturated heterocycles. The summed E-state index contributed by atoms with van der Waals surface area (Å²) in [5, 5.41) is 0. The molecule has 7 heteroatoms. The molecule has 0 aliphatic carbocycles. The van der Waals surface area contributed by atoms with Gasteiger partial charge in [-0.3, -0.25) is 14.7 Å². The van der Waals surface area contributed by atoms with Crippen LogP contribution in [0.4, 0.5) is 5.69 Å². The maximum Gasteiger partial charge on any atom is 0.224 e. The minimum absolute atomic E-state index is 0.200. The third-order valence-corrected chi connectivity index (χ3v) is 9.06. The number of rotatable bonds is 7. The number of pyridine rings is 1. The van der Waals surface area contributed by atoms with E-state index in [1.807, 2.05) is 49.8 Å². The Kier molecular flexibility index (Phi) is 10.4. The molecule has 0 unspecified atom stereocenters. The van der Waals surface area contributed by atoms with E-state index in [4.69, 9.17) is 9.47 Å².